The van der Waals surface area contributed by atoms with Gasteiger partial charge in [-0.3, -0.25) is 4.79 Å². The second-order valence-electron chi connectivity index (χ2n) is 6.05. The van der Waals surface area contributed by atoms with Gasteiger partial charge in [0.1, 0.15) is 6.54 Å². The summed E-state index contributed by atoms with van der Waals surface area (Å²) in [6, 6.07) is 21.8. The van der Waals surface area contributed by atoms with Gasteiger partial charge in [0.2, 0.25) is 0 Å². The lowest BCUT2D eigenvalue weighted by Gasteiger charge is -2.14. The Balaban J connectivity index is 1.59. The molecular weight excluding hydrogens is 320 g/mol. The van der Waals surface area contributed by atoms with Gasteiger partial charge < -0.3 is 10.2 Å². The van der Waals surface area contributed by atoms with Crippen LogP contribution in [0, 0.1) is 0 Å². The van der Waals surface area contributed by atoms with Crippen LogP contribution in [0.4, 0.5) is 5.69 Å². The Labute approximate surface area is 146 Å². The smallest absolute Gasteiger partial charge is 0.279 e. The minimum atomic E-state index is 0.00445. The fraction of sp³-hybridized carbons (Fsp3) is 0.150. The first-order valence-electron chi connectivity index (χ1n) is 7.94. The maximum absolute atomic E-state index is 12.3. The Morgan fingerprint density at radius 1 is 1.00 bits per heavy atom. The van der Waals surface area contributed by atoms with Gasteiger partial charge in [0.05, 0.1) is 7.05 Å². The van der Waals surface area contributed by atoms with Gasteiger partial charge in [-0.2, -0.15) is 0 Å². The molecule has 24 heavy (non-hydrogen) atoms. The number of halogens is 1. The van der Waals surface area contributed by atoms with E-state index in [1.807, 2.05) is 67.7 Å². The molecule has 0 aliphatic rings. The van der Waals surface area contributed by atoms with Crippen LogP contribution in [0.1, 0.15) is 5.56 Å². The summed E-state index contributed by atoms with van der Waals surface area (Å²) in [5, 5.41) is 5.99. The van der Waals surface area contributed by atoms with Gasteiger partial charge in [-0.15, -0.1) is 0 Å². The van der Waals surface area contributed by atoms with Crippen LogP contribution in [0.2, 0.25) is 5.02 Å². The highest BCUT2D eigenvalue weighted by molar-refractivity contribution is 6.30. The van der Waals surface area contributed by atoms with E-state index in [2.05, 4.69) is 11.4 Å². The van der Waals surface area contributed by atoms with Gasteiger partial charge in [0.15, 0.2) is 6.54 Å². The highest BCUT2D eigenvalue weighted by Crippen LogP contribution is 2.18. The molecule has 0 saturated heterocycles. The molecule has 0 aliphatic carbocycles. The van der Waals surface area contributed by atoms with E-state index in [1.165, 1.54) is 5.39 Å². The third kappa shape index (κ3) is 4.34. The van der Waals surface area contributed by atoms with Crippen molar-refractivity contribution in [1.82, 2.24) is 0 Å². The van der Waals surface area contributed by atoms with Gasteiger partial charge in [-0.1, -0.05) is 54.1 Å². The third-order valence-corrected chi connectivity index (χ3v) is 4.13. The first-order chi connectivity index (χ1) is 11.6. The minimum absolute atomic E-state index is 0.00445. The van der Waals surface area contributed by atoms with E-state index < -0.39 is 0 Å². The van der Waals surface area contributed by atoms with Crippen LogP contribution < -0.4 is 10.2 Å². The van der Waals surface area contributed by atoms with Crippen molar-refractivity contribution in [2.75, 3.05) is 18.9 Å². The Morgan fingerprint density at radius 3 is 2.58 bits per heavy atom. The number of rotatable bonds is 5. The quantitative estimate of drug-likeness (QED) is 0.735. The van der Waals surface area contributed by atoms with E-state index in [4.69, 9.17) is 11.6 Å². The summed E-state index contributed by atoms with van der Waals surface area (Å²) in [7, 11) is 2.00. The number of likely N-dealkylation sites (N-methyl/N-ethyl adjacent to an activating group) is 1. The molecule has 1 atom stereocenters. The van der Waals surface area contributed by atoms with Crippen molar-refractivity contribution >= 4 is 34.0 Å². The zero-order valence-electron chi connectivity index (χ0n) is 13.6. The average Bonchev–Trinajstić information content (AvgIpc) is 2.54. The van der Waals surface area contributed by atoms with Crippen molar-refractivity contribution in [1.29, 1.82) is 0 Å². The van der Waals surface area contributed by atoms with Crippen LogP contribution in [0.5, 0.6) is 0 Å². The largest absolute Gasteiger partial charge is 0.326 e. The van der Waals surface area contributed by atoms with E-state index in [0.29, 0.717) is 6.54 Å². The fourth-order valence-corrected chi connectivity index (χ4v) is 3.02. The molecule has 0 fully saturated rings. The number of carbonyl (C=O) groups excluding carboxylic acids is 1. The summed E-state index contributed by atoms with van der Waals surface area (Å²) < 4.78 is 0. The molecule has 0 aromatic heterocycles. The van der Waals surface area contributed by atoms with Crippen molar-refractivity contribution in [2.45, 2.75) is 6.54 Å². The number of hydrogen-bond donors (Lipinski definition) is 2. The van der Waals surface area contributed by atoms with E-state index >= 15 is 0 Å². The zero-order valence-corrected chi connectivity index (χ0v) is 14.3. The Bertz CT molecular complexity index is 863. The number of nitrogens with one attached hydrogen (secondary N) is 2. The molecule has 3 aromatic rings. The van der Waals surface area contributed by atoms with Crippen molar-refractivity contribution in [2.24, 2.45) is 0 Å². The summed E-state index contributed by atoms with van der Waals surface area (Å²) >= 11 is 6.00. The topological polar surface area (TPSA) is 33.5 Å². The van der Waals surface area contributed by atoms with Crippen LogP contribution in [0.25, 0.3) is 10.8 Å². The number of quaternary nitrogens is 1. The fourth-order valence-electron chi connectivity index (χ4n) is 2.80. The molecular formula is C20H20ClN2O+. The predicted molar refractivity (Wildman–Crippen MR) is 99.5 cm³/mol. The lowest BCUT2D eigenvalue weighted by atomic mass is 10.1. The number of carbonyl (C=O) groups is 1. The van der Waals surface area contributed by atoms with Crippen LogP contribution in [0.15, 0.2) is 66.7 Å². The molecule has 2 N–H and O–H groups in total. The monoisotopic (exact) mass is 339 g/mol. The minimum Gasteiger partial charge on any atom is -0.326 e. The van der Waals surface area contributed by atoms with Crippen LogP contribution in [-0.4, -0.2) is 19.5 Å². The van der Waals surface area contributed by atoms with Crippen molar-refractivity contribution < 1.29 is 9.69 Å². The van der Waals surface area contributed by atoms with Crippen LogP contribution in [-0.2, 0) is 11.3 Å². The summed E-state index contributed by atoms with van der Waals surface area (Å²) in [4.78, 5) is 13.4. The summed E-state index contributed by atoms with van der Waals surface area (Å²) in [5.74, 6) is 0.00445. The lowest BCUT2D eigenvalue weighted by Crippen LogP contribution is -3.08. The first kappa shape index (κ1) is 16.5. The van der Waals surface area contributed by atoms with E-state index in [9.17, 15) is 4.79 Å². The Morgan fingerprint density at radius 2 is 1.79 bits per heavy atom. The average molecular weight is 340 g/mol. The van der Waals surface area contributed by atoms with Crippen LogP contribution >= 0.6 is 11.6 Å². The molecule has 1 amide bonds. The number of hydrogen-bond acceptors (Lipinski definition) is 1. The first-order valence-corrected chi connectivity index (χ1v) is 8.32. The SMILES string of the molecule is C[NH+](CC(=O)Nc1ccc2ccccc2c1)Cc1cccc(Cl)c1. The van der Waals surface area contributed by atoms with Gasteiger partial charge >= 0.3 is 0 Å². The molecule has 3 rings (SSSR count). The normalized spacial score (nSPS) is 12.1. The third-order valence-electron chi connectivity index (χ3n) is 3.89. The molecule has 0 aliphatic heterocycles. The molecule has 3 aromatic carbocycles. The number of anilines is 1. The zero-order chi connectivity index (χ0) is 16.9. The lowest BCUT2D eigenvalue weighted by molar-refractivity contribution is -0.885. The molecule has 3 nitrogen and oxygen atoms in total. The standard InChI is InChI=1S/C20H19ClN2O/c1-23(13-15-5-4-8-18(21)11-15)14-20(24)22-19-10-9-16-6-2-3-7-17(16)12-19/h2-12H,13-14H2,1H3,(H,22,24)/p+1. The Hall–Kier alpha value is -2.36. The van der Waals surface area contributed by atoms with Crippen LogP contribution in [0.3, 0.4) is 0 Å². The molecule has 1 unspecified atom stereocenters. The number of benzene rings is 3. The van der Waals surface area contributed by atoms with E-state index in [0.717, 1.165) is 33.1 Å². The Kier molecular flexibility index (Phi) is 5.14. The second kappa shape index (κ2) is 7.47. The molecule has 0 bridgehead atoms. The molecule has 4 heteroatoms. The highest BCUT2D eigenvalue weighted by Gasteiger charge is 2.11. The summed E-state index contributed by atoms with van der Waals surface area (Å²) in [5.41, 5.74) is 1.95. The van der Waals surface area contributed by atoms with Crippen molar-refractivity contribution in [3.63, 3.8) is 0 Å². The number of fused-ring (bicyclic) bond motifs is 1. The second-order valence-corrected chi connectivity index (χ2v) is 6.49. The molecule has 0 radical (unpaired) electrons. The highest BCUT2D eigenvalue weighted by atomic mass is 35.5. The maximum atomic E-state index is 12.3. The predicted octanol–water partition coefficient (Wildman–Crippen LogP) is 3.15. The van der Waals surface area contributed by atoms with Gasteiger partial charge in [-0.25, -0.2) is 0 Å². The van der Waals surface area contributed by atoms with Crippen molar-refractivity contribution in [3.05, 3.63) is 77.3 Å². The maximum Gasteiger partial charge on any atom is 0.279 e. The molecule has 0 heterocycles. The van der Waals surface area contributed by atoms with Gasteiger partial charge in [0.25, 0.3) is 5.91 Å². The summed E-state index contributed by atoms with van der Waals surface area (Å²) in [6.07, 6.45) is 0. The van der Waals surface area contributed by atoms with E-state index in [-0.39, 0.29) is 5.91 Å². The van der Waals surface area contributed by atoms with Gasteiger partial charge in [-0.05, 0) is 35.0 Å². The molecule has 122 valence electrons. The molecule has 0 saturated carbocycles. The molecule has 0 spiro atoms. The van der Waals surface area contributed by atoms with Crippen molar-refractivity contribution in [3.8, 4) is 0 Å². The van der Waals surface area contributed by atoms with Gasteiger partial charge in [0, 0.05) is 16.3 Å². The number of amides is 1. The van der Waals surface area contributed by atoms with E-state index in [1.54, 1.807) is 0 Å². The summed E-state index contributed by atoms with van der Waals surface area (Å²) in [6.45, 7) is 1.16.